The second-order valence-corrected chi connectivity index (χ2v) is 4.73. The quantitative estimate of drug-likeness (QED) is 0.851. The monoisotopic (exact) mass is 326 g/mol. The fraction of sp³-hybridized carbons (Fsp3) is 0.0667. The summed E-state index contributed by atoms with van der Waals surface area (Å²) in [6.45, 7) is 0. The summed E-state index contributed by atoms with van der Waals surface area (Å²) in [5.74, 6) is -1.95. The second-order valence-electron chi connectivity index (χ2n) is 4.29. The van der Waals surface area contributed by atoms with Crippen LogP contribution in [0, 0.1) is 0 Å². The molecule has 2 rings (SSSR count). The third kappa shape index (κ3) is 4.33. The Morgan fingerprint density at radius 3 is 2.45 bits per heavy atom. The van der Waals surface area contributed by atoms with E-state index in [-0.39, 0.29) is 5.70 Å². The highest BCUT2D eigenvalue weighted by molar-refractivity contribution is 6.30. The Balaban J connectivity index is 2.38. The summed E-state index contributed by atoms with van der Waals surface area (Å²) in [4.78, 5) is 15.0. The predicted octanol–water partition coefficient (Wildman–Crippen LogP) is 4.32. The number of hydrogen-bond acceptors (Lipinski definition) is 3. The number of pyridine rings is 1. The maximum Gasteiger partial charge on any atom is 0.454 e. The van der Waals surface area contributed by atoms with Gasteiger partial charge in [0.25, 0.3) is 5.78 Å². The van der Waals surface area contributed by atoms with Crippen LogP contribution in [0.3, 0.4) is 0 Å². The zero-order chi connectivity index (χ0) is 16.2. The van der Waals surface area contributed by atoms with E-state index in [0.29, 0.717) is 22.3 Å². The predicted molar refractivity (Wildman–Crippen MR) is 78.4 cm³/mol. The standard InChI is InChI=1S/C15H10ClF3N2O/c16-11-2-1-3-12(8-11)21-13(9-14(22)15(17,18)19)10-4-6-20-7-5-10/h1-9,21H/b13-9-. The van der Waals surface area contributed by atoms with Gasteiger partial charge in [-0.15, -0.1) is 0 Å². The van der Waals surface area contributed by atoms with E-state index < -0.39 is 12.0 Å². The number of carbonyl (C=O) groups excluding carboxylic acids is 1. The third-order valence-electron chi connectivity index (χ3n) is 2.65. The van der Waals surface area contributed by atoms with Crippen molar-refractivity contribution >= 4 is 28.8 Å². The Hall–Kier alpha value is -2.34. The number of carbonyl (C=O) groups is 1. The van der Waals surface area contributed by atoms with E-state index in [4.69, 9.17) is 11.6 Å². The normalized spacial score (nSPS) is 12.1. The highest BCUT2D eigenvalue weighted by atomic mass is 35.5. The molecule has 0 fully saturated rings. The van der Waals surface area contributed by atoms with Gasteiger partial charge in [0.15, 0.2) is 0 Å². The average molecular weight is 327 g/mol. The number of ketones is 1. The van der Waals surface area contributed by atoms with E-state index in [1.54, 1.807) is 18.2 Å². The third-order valence-corrected chi connectivity index (χ3v) is 2.88. The van der Waals surface area contributed by atoms with Crippen LogP contribution in [-0.2, 0) is 4.79 Å². The summed E-state index contributed by atoms with van der Waals surface area (Å²) in [6.07, 6.45) is -1.59. The zero-order valence-electron chi connectivity index (χ0n) is 11.1. The minimum atomic E-state index is -4.94. The first-order valence-electron chi connectivity index (χ1n) is 6.12. The number of nitrogens with zero attached hydrogens (tertiary/aromatic N) is 1. The molecule has 0 spiro atoms. The Morgan fingerprint density at radius 2 is 1.86 bits per heavy atom. The van der Waals surface area contributed by atoms with Gasteiger partial charge in [-0.25, -0.2) is 0 Å². The molecule has 1 aromatic heterocycles. The van der Waals surface area contributed by atoms with E-state index in [1.807, 2.05) is 0 Å². The Bertz CT molecular complexity index is 699. The van der Waals surface area contributed by atoms with Crippen molar-refractivity contribution in [3.8, 4) is 0 Å². The zero-order valence-corrected chi connectivity index (χ0v) is 11.8. The van der Waals surface area contributed by atoms with Crippen molar-refractivity contribution in [2.45, 2.75) is 6.18 Å². The summed E-state index contributed by atoms with van der Waals surface area (Å²) in [7, 11) is 0. The smallest absolute Gasteiger partial charge is 0.355 e. The first-order valence-corrected chi connectivity index (χ1v) is 6.50. The van der Waals surface area contributed by atoms with Crippen LogP contribution in [0.5, 0.6) is 0 Å². The molecule has 0 saturated carbocycles. The largest absolute Gasteiger partial charge is 0.454 e. The molecular formula is C15H10ClF3N2O. The lowest BCUT2D eigenvalue weighted by Gasteiger charge is -2.12. The lowest BCUT2D eigenvalue weighted by molar-refractivity contribution is -0.165. The summed E-state index contributed by atoms with van der Waals surface area (Å²) in [5.41, 5.74) is 0.866. The number of benzene rings is 1. The highest BCUT2D eigenvalue weighted by Crippen LogP contribution is 2.24. The molecule has 0 bridgehead atoms. The van der Waals surface area contributed by atoms with Crippen LogP contribution in [0.25, 0.3) is 5.70 Å². The molecule has 0 aliphatic rings. The molecule has 1 heterocycles. The van der Waals surface area contributed by atoms with Crippen molar-refractivity contribution in [1.82, 2.24) is 4.98 Å². The maximum absolute atomic E-state index is 12.5. The molecule has 114 valence electrons. The van der Waals surface area contributed by atoms with Crippen molar-refractivity contribution in [2.24, 2.45) is 0 Å². The fourth-order valence-electron chi connectivity index (χ4n) is 1.66. The Morgan fingerprint density at radius 1 is 1.18 bits per heavy atom. The first kappa shape index (κ1) is 16.0. The molecule has 7 heteroatoms. The molecule has 0 saturated heterocycles. The Kier molecular flexibility index (Phi) is 4.82. The van der Waals surface area contributed by atoms with Crippen LogP contribution in [0.15, 0.2) is 54.9 Å². The maximum atomic E-state index is 12.5. The molecule has 1 aromatic carbocycles. The summed E-state index contributed by atoms with van der Waals surface area (Å²) < 4.78 is 37.4. The number of nitrogens with one attached hydrogen (secondary N) is 1. The summed E-state index contributed by atoms with van der Waals surface area (Å²) in [5, 5.41) is 3.18. The van der Waals surface area contributed by atoms with Crippen molar-refractivity contribution in [2.75, 3.05) is 5.32 Å². The minimum absolute atomic E-state index is 0.00647. The number of anilines is 1. The van der Waals surface area contributed by atoms with Gasteiger partial charge in [-0.05, 0) is 30.3 Å². The van der Waals surface area contributed by atoms with E-state index in [9.17, 15) is 18.0 Å². The van der Waals surface area contributed by atoms with Gasteiger partial charge in [-0.2, -0.15) is 13.2 Å². The van der Waals surface area contributed by atoms with Gasteiger partial charge < -0.3 is 5.32 Å². The fourth-order valence-corrected chi connectivity index (χ4v) is 1.85. The Labute approximate surface area is 129 Å². The van der Waals surface area contributed by atoms with Gasteiger partial charge in [0.2, 0.25) is 0 Å². The van der Waals surface area contributed by atoms with Crippen LogP contribution in [0.4, 0.5) is 18.9 Å². The van der Waals surface area contributed by atoms with Gasteiger partial charge >= 0.3 is 6.18 Å². The topological polar surface area (TPSA) is 42.0 Å². The van der Waals surface area contributed by atoms with Gasteiger partial charge in [-0.3, -0.25) is 9.78 Å². The number of hydrogen-bond donors (Lipinski definition) is 1. The van der Waals surface area contributed by atoms with Crippen LogP contribution >= 0.6 is 11.6 Å². The molecule has 3 nitrogen and oxygen atoms in total. The number of alkyl halides is 3. The molecule has 1 N–H and O–H groups in total. The van der Waals surface area contributed by atoms with Crippen molar-refractivity contribution in [3.05, 3.63) is 65.5 Å². The van der Waals surface area contributed by atoms with Crippen molar-refractivity contribution in [1.29, 1.82) is 0 Å². The SMILES string of the molecule is O=C(/C=C(\Nc1cccc(Cl)c1)c1ccncc1)C(F)(F)F. The molecule has 0 radical (unpaired) electrons. The van der Waals surface area contributed by atoms with Crippen LogP contribution in [-0.4, -0.2) is 16.9 Å². The van der Waals surface area contributed by atoms with E-state index in [1.165, 1.54) is 30.6 Å². The van der Waals surface area contributed by atoms with Crippen molar-refractivity contribution in [3.63, 3.8) is 0 Å². The van der Waals surface area contributed by atoms with Gasteiger partial charge in [0.05, 0.1) is 0 Å². The molecular weight excluding hydrogens is 317 g/mol. The summed E-state index contributed by atoms with van der Waals surface area (Å²) >= 11 is 5.84. The van der Waals surface area contributed by atoms with Gasteiger partial charge in [-0.1, -0.05) is 17.7 Å². The van der Waals surface area contributed by atoms with Gasteiger partial charge in [0, 0.05) is 40.4 Å². The first-order chi connectivity index (χ1) is 10.4. The second kappa shape index (κ2) is 6.62. The van der Waals surface area contributed by atoms with Crippen LogP contribution in [0.1, 0.15) is 5.56 Å². The van der Waals surface area contributed by atoms with E-state index >= 15 is 0 Å². The van der Waals surface area contributed by atoms with Crippen molar-refractivity contribution < 1.29 is 18.0 Å². The molecule has 2 aromatic rings. The lowest BCUT2D eigenvalue weighted by Crippen LogP contribution is -2.21. The lowest BCUT2D eigenvalue weighted by atomic mass is 10.1. The molecule has 0 atom stereocenters. The number of rotatable bonds is 4. The van der Waals surface area contributed by atoms with Crippen LogP contribution < -0.4 is 5.32 Å². The van der Waals surface area contributed by atoms with E-state index in [0.717, 1.165) is 0 Å². The van der Waals surface area contributed by atoms with Crippen LogP contribution in [0.2, 0.25) is 5.02 Å². The number of aromatic nitrogens is 1. The molecule has 0 amide bonds. The van der Waals surface area contributed by atoms with Gasteiger partial charge in [0.1, 0.15) is 0 Å². The molecule has 0 aliphatic carbocycles. The van der Waals surface area contributed by atoms with E-state index in [2.05, 4.69) is 10.3 Å². The average Bonchev–Trinajstić information content (AvgIpc) is 2.46. The minimum Gasteiger partial charge on any atom is -0.355 e. The molecule has 0 aliphatic heterocycles. The highest BCUT2D eigenvalue weighted by Gasteiger charge is 2.36. The molecule has 0 unspecified atom stereocenters. The molecule has 22 heavy (non-hydrogen) atoms. The number of allylic oxidation sites excluding steroid dienone is 1. The summed E-state index contributed by atoms with van der Waals surface area (Å²) in [6, 6.07) is 9.41. The number of halogens is 4.